The summed E-state index contributed by atoms with van der Waals surface area (Å²) in [5.74, 6) is 1.48. The Morgan fingerprint density at radius 3 is 2.56 bits per heavy atom. The number of carbonyl (C=O) groups excluding carboxylic acids is 1. The molecule has 0 bridgehead atoms. The van der Waals surface area contributed by atoms with Crippen molar-refractivity contribution >= 4 is 17.3 Å². The van der Waals surface area contributed by atoms with Crippen molar-refractivity contribution in [1.29, 1.82) is 0 Å². The van der Waals surface area contributed by atoms with E-state index < -0.39 is 0 Å². The fourth-order valence-electron chi connectivity index (χ4n) is 2.95. The number of fused-ring (bicyclic) bond motifs is 1. The van der Waals surface area contributed by atoms with Gasteiger partial charge in [0.05, 0.1) is 17.0 Å². The van der Waals surface area contributed by atoms with Gasteiger partial charge in [0.15, 0.2) is 11.6 Å². The molecule has 1 aromatic rings. The summed E-state index contributed by atoms with van der Waals surface area (Å²) in [7, 11) is 1.95. The van der Waals surface area contributed by atoms with Gasteiger partial charge in [0.25, 0.3) is 5.91 Å². The first-order chi connectivity index (χ1) is 11.8. The van der Waals surface area contributed by atoms with Gasteiger partial charge in [-0.3, -0.25) is 4.79 Å². The van der Waals surface area contributed by atoms with Crippen LogP contribution < -0.4 is 9.64 Å². The lowest BCUT2D eigenvalue weighted by Gasteiger charge is -2.17. The third-order valence-corrected chi connectivity index (χ3v) is 4.25. The number of hydrogen-bond acceptors (Lipinski definition) is 4. The number of rotatable bonds is 3. The van der Waals surface area contributed by atoms with Crippen LogP contribution in [0.15, 0.2) is 53.0 Å². The Morgan fingerprint density at radius 2 is 1.92 bits per heavy atom. The molecular formula is C20H25N3O2. The van der Waals surface area contributed by atoms with Crippen molar-refractivity contribution in [3.63, 3.8) is 0 Å². The van der Waals surface area contributed by atoms with Gasteiger partial charge in [0.2, 0.25) is 0 Å². The van der Waals surface area contributed by atoms with Crippen LogP contribution in [0.1, 0.15) is 34.1 Å². The highest BCUT2D eigenvalue weighted by Gasteiger charge is 2.35. The minimum Gasteiger partial charge on any atom is -0.439 e. The summed E-state index contributed by atoms with van der Waals surface area (Å²) < 4.78 is 5.89. The first kappa shape index (κ1) is 17.3. The molecule has 0 N–H and O–H groups in total. The molecule has 0 aromatic heterocycles. The molecule has 25 heavy (non-hydrogen) atoms. The van der Waals surface area contributed by atoms with Crippen LogP contribution in [0.25, 0.3) is 0 Å². The van der Waals surface area contributed by atoms with Crippen molar-refractivity contribution in [1.82, 2.24) is 5.01 Å². The number of benzene rings is 1. The molecule has 0 aliphatic carbocycles. The predicted octanol–water partition coefficient (Wildman–Crippen LogP) is 3.94. The normalized spacial score (nSPS) is 20.4. The molecule has 0 saturated heterocycles. The Morgan fingerprint density at radius 1 is 1.20 bits per heavy atom. The van der Waals surface area contributed by atoms with Crippen molar-refractivity contribution in [2.45, 2.75) is 34.1 Å². The lowest BCUT2D eigenvalue weighted by molar-refractivity contribution is -0.125. The van der Waals surface area contributed by atoms with Crippen LogP contribution in [0.2, 0.25) is 0 Å². The maximum Gasteiger partial charge on any atom is 0.275 e. The largest absolute Gasteiger partial charge is 0.439 e. The van der Waals surface area contributed by atoms with Crippen molar-refractivity contribution in [2.24, 2.45) is 10.5 Å². The second kappa shape index (κ2) is 6.39. The molecule has 5 nitrogen and oxygen atoms in total. The first-order valence-corrected chi connectivity index (χ1v) is 8.67. The zero-order valence-electron chi connectivity index (χ0n) is 15.5. The highest BCUT2D eigenvalue weighted by atomic mass is 16.5. The molecule has 3 rings (SSSR count). The molecule has 0 spiro atoms. The van der Waals surface area contributed by atoms with Crippen molar-refractivity contribution in [2.75, 3.05) is 18.5 Å². The second-order valence-electron chi connectivity index (χ2n) is 7.34. The number of amides is 1. The number of anilines is 1. The highest BCUT2D eigenvalue weighted by molar-refractivity contribution is 6.26. The predicted molar refractivity (Wildman–Crippen MR) is 101 cm³/mol. The molecule has 0 fully saturated rings. The molecule has 132 valence electrons. The smallest absolute Gasteiger partial charge is 0.275 e. The van der Waals surface area contributed by atoms with Crippen LogP contribution in [-0.4, -0.2) is 30.2 Å². The zero-order chi connectivity index (χ0) is 18.2. The van der Waals surface area contributed by atoms with Crippen LogP contribution in [-0.2, 0) is 4.79 Å². The summed E-state index contributed by atoms with van der Waals surface area (Å²) in [4.78, 5) is 14.7. The number of hydrazone groups is 1. The molecule has 0 radical (unpaired) electrons. The van der Waals surface area contributed by atoms with Gasteiger partial charge >= 0.3 is 0 Å². The number of para-hydroxylation sites is 2. The zero-order valence-corrected chi connectivity index (χ0v) is 15.5. The second-order valence-corrected chi connectivity index (χ2v) is 7.34. The fourth-order valence-corrected chi connectivity index (χ4v) is 2.95. The summed E-state index contributed by atoms with van der Waals surface area (Å²) in [5, 5.41) is 6.13. The minimum absolute atomic E-state index is 0.0400. The van der Waals surface area contributed by atoms with Gasteiger partial charge in [-0.1, -0.05) is 39.8 Å². The van der Waals surface area contributed by atoms with Crippen LogP contribution in [0.5, 0.6) is 5.75 Å². The van der Waals surface area contributed by atoms with Gasteiger partial charge in [-0.05, 0) is 30.7 Å². The van der Waals surface area contributed by atoms with Gasteiger partial charge < -0.3 is 9.64 Å². The Hall–Kier alpha value is -2.56. The Balaban J connectivity index is 1.92. The Bertz CT molecular complexity index is 784. The van der Waals surface area contributed by atoms with Gasteiger partial charge in [-0.2, -0.15) is 5.10 Å². The van der Waals surface area contributed by atoms with E-state index in [4.69, 9.17) is 4.74 Å². The monoisotopic (exact) mass is 339 g/mol. The van der Waals surface area contributed by atoms with Gasteiger partial charge in [0.1, 0.15) is 0 Å². The van der Waals surface area contributed by atoms with Crippen LogP contribution >= 0.6 is 0 Å². The fraction of sp³-hybridized carbons (Fsp3) is 0.400. The van der Waals surface area contributed by atoms with Crippen LogP contribution in [0.3, 0.4) is 0 Å². The summed E-state index contributed by atoms with van der Waals surface area (Å²) in [5.41, 5.74) is 2.28. The third-order valence-electron chi connectivity index (χ3n) is 4.25. The van der Waals surface area contributed by atoms with E-state index in [-0.39, 0.29) is 11.3 Å². The molecule has 1 aromatic carbocycles. The Kier molecular flexibility index (Phi) is 4.41. The van der Waals surface area contributed by atoms with Crippen molar-refractivity contribution in [3.05, 3.63) is 47.9 Å². The number of carbonyl (C=O) groups is 1. The van der Waals surface area contributed by atoms with E-state index in [1.807, 2.05) is 55.3 Å². The standard InChI is InChI=1S/C20H25N3O2/c1-6-13-23-19(24)14(18(21-23)20(2,3)4)11-12-17-22(5)15-9-7-8-10-16(15)25-17/h7-12H,6,13H2,1-5H3/b14-11+,17-12+. The van der Waals surface area contributed by atoms with E-state index in [1.165, 1.54) is 0 Å². The van der Waals surface area contributed by atoms with Crippen LogP contribution in [0.4, 0.5) is 5.69 Å². The van der Waals surface area contributed by atoms with E-state index in [1.54, 1.807) is 5.01 Å². The van der Waals surface area contributed by atoms with Crippen molar-refractivity contribution < 1.29 is 9.53 Å². The van der Waals surface area contributed by atoms with E-state index >= 15 is 0 Å². The highest BCUT2D eigenvalue weighted by Crippen LogP contribution is 2.37. The van der Waals surface area contributed by atoms with Crippen molar-refractivity contribution in [3.8, 4) is 5.75 Å². The molecule has 0 unspecified atom stereocenters. The quantitative estimate of drug-likeness (QED) is 0.784. The number of nitrogens with zero attached hydrogens (tertiary/aromatic N) is 3. The molecule has 0 saturated carbocycles. The summed E-state index contributed by atoms with van der Waals surface area (Å²) in [6, 6.07) is 7.87. The average Bonchev–Trinajstić information content (AvgIpc) is 3.04. The van der Waals surface area contributed by atoms with E-state index in [2.05, 4.69) is 25.9 Å². The molecule has 2 heterocycles. The molecule has 1 amide bonds. The number of ether oxygens (including phenoxy) is 1. The summed E-state index contributed by atoms with van der Waals surface area (Å²) in [6.07, 6.45) is 4.56. The lowest BCUT2D eigenvalue weighted by atomic mass is 9.85. The summed E-state index contributed by atoms with van der Waals surface area (Å²) in [6.45, 7) is 8.90. The first-order valence-electron chi connectivity index (χ1n) is 8.67. The minimum atomic E-state index is -0.201. The molecule has 5 heteroatoms. The van der Waals surface area contributed by atoms with E-state index in [9.17, 15) is 4.79 Å². The van der Waals surface area contributed by atoms with Gasteiger partial charge in [-0.15, -0.1) is 0 Å². The topological polar surface area (TPSA) is 45.1 Å². The molecular weight excluding hydrogens is 314 g/mol. The maximum absolute atomic E-state index is 12.7. The van der Waals surface area contributed by atoms with Gasteiger partial charge in [-0.25, -0.2) is 5.01 Å². The SMILES string of the molecule is CCCN1N=C(C(C)(C)C)/C(=C\C=C2\Oc3ccccc3N2C)C1=O. The molecule has 0 atom stereocenters. The number of allylic oxidation sites excluding steroid dienone is 2. The van der Waals surface area contributed by atoms with Gasteiger partial charge in [0, 0.05) is 19.0 Å². The maximum atomic E-state index is 12.7. The third kappa shape index (κ3) is 3.18. The summed E-state index contributed by atoms with van der Waals surface area (Å²) >= 11 is 0. The average molecular weight is 339 g/mol. The number of hydrogen-bond donors (Lipinski definition) is 0. The molecule has 2 aliphatic rings. The molecule has 2 aliphatic heterocycles. The Labute approximate surface area is 149 Å². The van der Waals surface area contributed by atoms with E-state index in [0.29, 0.717) is 18.0 Å². The lowest BCUT2D eigenvalue weighted by Crippen LogP contribution is -2.24. The van der Waals surface area contributed by atoms with Crippen LogP contribution in [0, 0.1) is 5.41 Å². The van der Waals surface area contributed by atoms with E-state index in [0.717, 1.165) is 23.6 Å².